The molecule has 162 valence electrons. The van der Waals surface area contributed by atoms with Crippen LogP contribution in [0.25, 0.3) is 22.6 Å². The Bertz CT molecular complexity index is 1300. The van der Waals surface area contributed by atoms with Gasteiger partial charge in [-0.25, -0.2) is 9.37 Å². The van der Waals surface area contributed by atoms with Gasteiger partial charge >= 0.3 is 0 Å². The van der Waals surface area contributed by atoms with E-state index in [1.807, 2.05) is 6.07 Å². The van der Waals surface area contributed by atoms with E-state index in [1.54, 1.807) is 42.1 Å². The van der Waals surface area contributed by atoms with Crippen LogP contribution in [0.1, 0.15) is 28.8 Å². The van der Waals surface area contributed by atoms with Crippen LogP contribution < -0.4 is 5.32 Å². The summed E-state index contributed by atoms with van der Waals surface area (Å²) in [5.74, 6) is -0.998. The number of nitrogens with zero attached hydrogens (tertiary/aromatic N) is 3. The predicted molar refractivity (Wildman–Crippen MR) is 115 cm³/mol. The molecule has 1 aromatic heterocycles. The van der Waals surface area contributed by atoms with E-state index in [-0.39, 0.29) is 24.8 Å². The van der Waals surface area contributed by atoms with E-state index in [4.69, 9.17) is 11.6 Å². The summed E-state index contributed by atoms with van der Waals surface area (Å²) in [6, 6.07) is 9.15. The van der Waals surface area contributed by atoms with E-state index in [2.05, 4.69) is 10.3 Å². The molecule has 32 heavy (non-hydrogen) atoms. The molecular formula is C23H18ClFN4O3. The second-order valence-corrected chi connectivity index (χ2v) is 8.39. The van der Waals surface area contributed by atoms with Gasteiger partial charge < -0.3 is 9.47 Å². The molecule has 3 amide bonds. The SMILES string of the molecule is Cn1cc(-c2ccc3c(c2)CN(C2CCC(=O)NC2=O)C3=O)nc1-c1ccc(Cl)cc1F. The topological polar surface area (TPSA) is 84.3 Å². The number of imidazole rings is 1. The highest BCUT2D eigenvalue weighted by molar-refractivity contribution is 6.30. The van der Waals surface area contributed by atoms with Crippen molar-refractivity contribution < 1.29 is 18.8 Å². The standard InChI is InChI=1S/C23H18ClFN4O3/c1-28-11-18(26-21(28)16-5-3-14(24)9-17(16)25)12-2-4-15-13(8-12)10-29(23(15)32)19-6-7-20(30)27-22(19)31/h2-5,8-9,11,19H,6-7,10H2,1H3,(H,27,30,31). The van der Waals surface area contributed by atoms with Gasteiger partial charge in [-0.05, 0) is 42.3 Å². The van der Waals surface area contributed by atoms with Crippen LogP contribution in [0.4, 0.5) is 4.39 Å². The monoisotopic (exact) mass is 452 g/mol. The van der Waals surface area contributed by atoms with Crippen LogP contribution in [-0.4, -0.2) is 38.2 Å². The molecule has 1 N–H and O–H groups in total. The van der Waals surface area contributed by atoms with Crippen molar-refractivity contribution in [3.05, 3.63) is 64.6 Å². The molecule has 0 aliphatic carbocycles. The van der Waals surface area contributed by atoms with Crippen LogP contribution in [0, 0.1) is 5.82 Å². The molecule has 0 radical (unpaired) electrons. The van der Waals surface area contributed by atoms with Crippen LogP contribution in [0.2, 0.25) is 5.02 Å². The maximum Gasteiger partial charge on any atom is 0.255 e. The Labute approximate surface area is 187 Å². The minimum atomic E-state index is -0.662. The Morgan fingerprint density at radius 1 is 1.12 bits per heavy atom. The number of imide groups is 1. The number of hydrogen-bond acceptors (Lipinski definition) is 4. The van der Waals surface area contributed by atoms with Crippen LogP contribution >= 0.6 is 11.6 Å². The number of carbonyl (C=O) groups is 3. The zero-order chi connectivity index (χ0) is 22.6. The van der Waals surface area contributed by atoms with Crippen LogP contribution in [0.15, 0.2) is 42.6 Å². The molecule has 1 fully saturated rings. The van der Waals surface area contributed by atoms with Crippen molar-refractivity contribution in [2.45, 2.75) is 25.4 Å². The Kier molecular flexibility index (Phi) is 4.82. The lowest BCUT2D eigenvalue weighted by atomic mass is 10.0. The quantitative estimate of drug-likeness (QED) is 0.618. The number of nitrogens with one attached hydrogen (secondary N) is 1. The number of aryl methyl sites for hydroxylation is 1. The van der Waals surface area contributed by atoms with Gasteiger partial charge in [-0.2, -0.15) is 0 Å². The van der Waals surface area contributed by atoms with Gasteiger partial charge in [-0.1, -0.05) is 17.7 Å². The van der Waals surface area contributed by atoms with E-state index in [0.717, 1.165) is 11.1 Å². The number of benzene rings is 2. The predicted octanol–water partition coefficient (Wildman–Crippen LogP) is 3.31. The lowest BCUT2D eigenvalue weighted by Crippen LogP contribution is -2.52. The maximum atomic E-state index is 14.4. The summed E-state index contributed by atoms with van der Waals surface area (Å²) in [5.41, 5.74) is 3.05. The van der Waals surface area contributed by atoms with Gasteiger partial charge in [-0.3, -0.25) is 19.7 Å². The summed E-state index contributed by atoms with van der Waals surface area (Å²) < 4.78 is 16.1. The molecule has 0 saturated carbocycles. The van der Waals surface area contributed by atoms with Gasteiger partial charge in [0.25, 0.3) is 5.91 Å². The average molecular weight is 453 g/mol. The lowest BCUT2D eigenvalue weighted by molar-refractivity contribution is -0.136. The molecule has 1 atom stereocenters. The maximum absolute atomic E-state index is 14.4. The van der Waals surface area contributed by atoms with Gasteiger partial charge in [0.2, 0.25) is 11.8 Å². The number of fused-ring (bicyclic) bond motifs is 1. The summed E-state index contributed by atoms with van der Waals surface area (Å²) in [4.78, 5) is 42.6. The van der Waals surface area contributed by atoms with Crippen LogP contribution in [-0.2, 0) is 23.2 Å². The number of hydrogen-bond donors (Lipinski definition) is 1. The van der Waals surface area contributed by atoms with Crippen LogP contribution in [0.5, 0.6) is 0 Å². The molecule has 2 aromatic carbocycles. The highest BCUT2D eigenvalue weighted by atomic mass is 35.5. The summed E-state index contributed by atoms with van der Waals surface area (Å²) in [6.07, 6.45) is 2.31. The second kappa shape index (κ2) is 7.56. The number of halogens is 2. The molecule has 9 heteroatoms. The van der Waals surface area contributed by atoms with Crippen LogP contribution in [0.3, 0.4) is 0 Å². The third-order valence-electron chi connectivity index (χ3n) is 5.87. The first-order valence-corrected chi connectivity index (χ1v) is 10.5. The fraction of sp³-hybridized carbons (Fsp3) is 0.217. The second-order valence-electron chi connectivity index (χ2n) is 7.96. The Hall–Kier alpha value is -3.52. The molecule has 3 heterocycles. The first-order valence-electron chi connectivity index (χ1n) is 10.1. The van der Waals surface area contributed by atoms with Gasteiger partial charge in [0.1, 0.15) is 17.7 Å². The lowest BCUT2D eigenvalue weighted by Gasteiger charge is -2.29. The molecule has 0 bridgehead atoms. The van der Waals surface area contributed by atoms with Crippen molar-refractivity contribution >= 4 is 29.3 Å². The molecule has 2 aliphatic heterocycles. The van der Waals surface area contributed by atoms with Gasteiger partial charge in [-0.15, -0.1) is 0 Å². The normalized spacial score (nSPS) is 18.2. The number of piperidine rings is 1. The fourth-order valence-corrected chi connectivity index (χ4v) is 4.42. The number of amides is 3. The van der Waals surface area contributed by atoms with Crippen molar-refractivity contribution in [3.63, 3.8) is 0 Å². The number of aromatic nitrogens is 2. The summed E-state index contributed by atoms with van der Waals surface area (Å²) in [6.45, 7) is 0.278. The minimum absolute atomic E-state index is 0.208. The van der Waals surface area contributed by atoms with Crippen molar-refractivity contribution in [1.29, 1.82) is 0 Å². The summed E-state index contributed by atoms with van der Waals surface area (Å²) in [5, 5.41) is 2.61. The average Bonchev–Trinajstić information content (AvgIpc) is 3.28. The highest BCUT2D eigenvalue weighted by Gasteiger charge is 2.39. The molecule has 7 nitrogen and oxygen atoms in total. The molecule has 5 rings (SSSR count). The molecule has 0 spiro atoms. The zero-order valence-corrected chi connectivity index (χ0v) is 17.8. The molecular weight excluding hydrogens is 435 g/mol. The van der Waals surface area contributed by atoms with Crippen molar-refractivity contribution in [2.75, 3.05) is 0 Å². The Balaban J connectivity index is 1.45. The number of rotatable bonds is 3. The molecule has 1 saturated heterocycles. The van der Waals surface area contributed by atoms with E-state index >= 15 is 0 Å². The van der Waals surface area contributed by atoms with E-state index in [0.29, 0.717) is 34.1 Å². The first kappa shape index (κ1) is 20.4. The largest absolute Gasteiger partial charge is 0.333 e. The number of carbonyl (C=O) groups excluding carboxylic acids is 3. The first-order chi connectivity index (χ1) is 15.3. The molecule has 2 aliphatic rings. The zero-order valence-electron chi connectivity index (χ0n) is 17.1. The van der Waals surface area contributed by atoms with Crippen molar-refractivity contribution in [1.82, 2.24) is 19.8 Å². The van der Waals surface area contributed by atoms with Crippen molar-refractivity contribution in [2.24, 2.45) is 7.05 Å². The van der Waals surface area contributed by atoms with Gasteiger partial charge in [0.15, 0.2) is 0 Å². The van der Waals surface area contributed by atoms with E-state index in [1.165, 1.54) is 11.0 Å². The Morgan fingerprint density at radius 2 is 1.91 bits per heavy atom. The molecule has 3 aromatic rings. The highest BCUT2D eigenvalue weighted by Crippen LogP contribution is 2.32. The smallest absolute Gasteiger partial charge is 0.255 e. The fourth-order valence-electron chi connectivity index (χ4n) is 4.26. The Morgan fingerprint density at radius 3 is 2.66 bits per heavy atom. The minimum Gasteiger partial charge on any atom is -0.333 e. The summed E-state index contributed by atoms with van der Waals surface area (Å²) >= 11 is 5.85. The van der Waals surface area contributed by atoms with Crippen molar-refractivity contribution in [3.8, 4) is 22.6 Å². The third-order valence-corrected chi connectivity index (χ3v) is 6.10. The summed E-state index contributed by atoms with van der Waals surface area (Å²) in [7, 11) is 1.78. The molecule has 1 unspecified atom stereocenters. The van der Waals surface area contributed by atoms with E-state index in [9.17, 15) is 18.8 Å². The van der Waals surface area contributed by atoms with E-state index < -0.39 is 17.8 Å². The third kappa shape index (κ3) is 3.36. The van der Waals surface area contributed by atoms with Gasteiger partial charge in [0, 0.05) is 42.4 Å². The van der Waals surface area contributed by atoms with Gasteiger partial charge in [0.05, 0.1) is 11.3 Å².